The molecular formula is C13H14N2O3S. The molecule has 1 N–H and O–H groups in total. The molecule has 1 heterocycles. The Labute approximate surface area is 114 Å². The molecular weight excluding hydrogens is 264 g/mol. The van der Waals surface area contributed by atoms with Crippen LogP contribution in [0.15, 0.2) is 24.3 Å². The average molecular weight is 278 g/mol. The fourth-order valence-electron chi connectivity index (χ4n) is 2.04. The summed E-state index contributed by atoms with van der Waals surface area (Å²) < 4.78 is 16.5. The van der Waals surface area contributed by atoms with E-state index >= 15 is 0 Å². The van der Waals surface area contributed by atoms with Crippen LogP contribution in [0.2, 0.25) is 0 Å². The van der Waals surface area contributed by atoms with Crippen LogP contribution in [0.5, 0.6) is 0 Å². The van der Waals surface area contributed by atoms with Crippen molar-refractivity contribution in [3.05, 3.63) is 35.4 Å². The molecule has 1 aliphatic heterocycles. The number of nitrogens with zero attached hydrogens (tertiary/aromatic N) is 1. The predicted octanol–water partition coefficient (Wildman–Crippen LogP) is 0.493. The highest BCUT2D eigenvalue weighted by Crippen LogP contribution is 2.20. The number of benzene rings is 1. The van der Waals surface area contributed by atoms with Gasteiger partial charge < -0.3 is 4.74 Å². The second-order valence-electron chi connectivity index (χ2n) is 4.30. The van der Waals surface area contributed by atoms with Crippen molar-refractivity contribution in [2.24, 2.45) is 0 Å². The minimum atomic E-state index is -1.06. The molecule has 3 unspecified atom stereocenters. The van der Waals surface area contributed by atoms with E-state index < -0.39 is 22.8 Å². The Kier molecular flexibility index (Phi) is 4.30. The Bertz CT molecular complexity index is 536. The largest absolute Gasteiger partial charge is 0.468 e. The Hall–Kier alpha value is -1.71. The first-order valence-corrected chi connectivity index (χ1v) is 7.31. The van der Waals surface area contributed by atoms with E-state index in [1.165, 1.54) is 7.11 Å². The number of rotatable bonds is 2. The van der Waals surface area contributed by atoms with E-state index in [-0.39, 0.29) is 11.8 Å². The van der Waals surface area contributed by atoms with Crippen molar-refractivity contribution >= 4 is 16.8 Å². The van der Waals surface area contributed by atoms with E-state index in [0.717, 1.165) is 5.56 Å². The van der Waals surface area contributed by atoms with Crippen LogP contribution in [0.3, 0.4) is 0 Å². The summed E-state index contributed by atoms with van der Waals surface area (Å²) in [5, 5.41) is 11.9. The molecule has 1 aromatic rings. The van der Waals surface area contributed by atoms with E-state index in [9.17, 15) is 9.00 Å². The highest BCUT2D eigenvalue weighted by molar-refractivity contribution is 7.85. The number of nitriles is 1. The maximum absolute atomic E-state index is 11.8. The van der Waals surface area contributed by atoms with Crippen LogP contribution >= 0.6 is 0 Å². The lowest BCUT2D eigenvalue weighted by Crippen LogP contribution is -2.49. The summed E-state index contributed by atoms with van der Waals surface area (Å²) in [6.45, 7) is 0. The zero-order valence-electron chi connectivity index (χ0n) is 10.5. The van der Waals surface area contributed by atoms with Crippen molar-refractivity contribution in [3.8, 4) is 6.07 Å². The third-order valence-electron chi connectivity index (χ3n) is 3.04. The monoisotopic (exact) mass is 278 g/mol. The molecule has 6 heteroatoms. The maximum Gasteiger partial charge on any atom is 0.323 e. The number of hydrogen-bond acceptors (Lipinski definition) is 5. The second kappa shape index (κ2) is 5.95. The Morgan fingerprint density at radius 2 is 2.11 bits per heavy atom. The molecule has 5 nitrogen and oxygen atoms in total. The third-order valence-corrected chi connectivity index (χ3v) is 4.45. The van der Waals surface area contributed by atoms with Crippen LogP contribution in [-0.2, 0) is 20.3 Å². The molecule has 0 amide bonds. The zero-order valence-corrected chi connectivity index (χ0v) is 11.3. The van der Waals surface area contributed by atoms with Gasteiger partial charge in [-0.15, -0.1) is 0 Å². The van der Waals surface area contributed by atoms with E-state index in [1.807, 2.05) is 18.2 Å². The number of esters is 1. The first-order chi connectivity index (χ1) is 9.13. The first-order valence-electron chi connectivity index (χ1n) is 5.83. The van der Waals surface area contributed by atoms with Crippen molar-refractivity contribution in [2.75, 3.05) is 18.6 Å². The van der Waals surface area contributed by atoms with Gasteiger partial charge >= 0.3 is 5.97 Å². The molecule has 0 aliphatic carbocycles. The van der Waals surface area contributed by atoms with Gasteiger partial charge in [-0.3, -0.25) is 14.3 Å². The molecule has 0 saturated carbocycles. The van der Waals surface area contributed by atoms with Gasteiger partial charge in [0.1, 0.15) is 6.04 Å². The van der Waals surface area contributed by atoms with Crippen molar-refractivity contribution in [1.29, 1.82) is 5.26 Å². The summed E-state index contributed by atoms with van der Waals surface area (Å²) in [6, 6.07) is 8.39. The van der Waals surface area contributed by atoms with Gasteiger partial charge in [-0.25, -0.2) is 0 Å². The lowest BCUT2D eigenvalue weighted by atomic mass is 10.1. The smallest absolute Gasteiger partial charge is 0.323 e. The van der Waals surface area contributed by atoms with Crippen molar-refractivity contribution in [3.63, 3.8) is 0 Å². The summed E-state index contributed by atoms with van der Waals surface area (Å²) in [7, 11) is 0.259. The number of methoxy groups -OCH3 is 1. The fourth-order valence-corrected chi connectivity index (χ4v) is 3.44. The lowest BCUT2D eigenvalue weighted by molar-refractivity contribution is -0.142. The summed E-state index contributed by atoms with van der Waals surface area (Å²) in [5.41, 5.74) is 1.49. The maximum atomic E-state index is 11.8. The van der Waals surface area contributed by atoms with Crippen LogP contribution < -0.4 is 5.32 Å². The van der Waals surface area contributed by atoms with E-state index in [4.69, 9.17) is 5.26 Å². The van der Waals surface area contributed by atoms with Gasteiger partial charge in [0.15, 0.2) is 0 Å². The molecule has 0 radical (unpaired) electrons. The first kappa shape index (κ1) is 13.7. The quantitative estimate of drug-likeness (QED) is 0.797. The topological polar surface area (TPSA) is 79.2 Å². The van der Waals surface area contributed by atoms with Crippen LogP contribution in [-0.4, -0.2) is 34.8 Å². The van der Waals surface area contributed by atoms with Gasteiger partial charge in [0.25, 0.3) is 0 Å². The number of hydrogen-bond donors (Lipinski definition) is 1. The van der Waals surface area contributed by atoms with Crippen molar-refractivity contribution < 1.29 is 13.7 Å². The van der Waals surface area contributed by atoms with Crippen LogP contribution in [0.4, 0.5) is 0 Å². The highest BCUT2D eigenvalue weighted by Gasteiger charge is 2.31. The Balaban J connectivity index is 2.16. The SMILES string of the molecule is COC(=O)C1CS(=O)CC(c2ccc(C#N)cc2)N1. The fraction of sp³-hybridized carbons (Fsp3) is 0.385. The van der Waals surface area contributed by atoms with Crippen LogP contribution in [0.25, 0.3) is 0 Å². The summed E-state index contributed by atoms with van der Waals surface area (Å²) in [5.74, 6) is 0.338. The zero-order chi connectivity index (χ0) is 13.8. The second-order valence-corrected chi connectivity index (χ2v) is 5.85. The van der Waals surface area contributed by atoms with Gasteiger partial charge in [0.2, 0.25) is 0 Å². The van der Waals surface area contributed by atoms with Gasteiger partial charge in [-0.2, -0.15) is 5.26 Å². The summed E-state index contributed by atoms with van der Waals surface area (Å²) in [4.78, 5) is 11.5. The molecule has 1 aromatic carbocycles. The van der Waals surface area contributed by atoms with E-state index in [1.54, 1.807) is 12.1 Å². The summed E-state index contributed by atoms with van der Waals surface area (Å²) >= 11 is 0. The number of carbonyl (C=O) groups is 1. The van der Waals surface area contributed by atoms with E-state index in [2.05, 4.69) is 10.1 Å². The molecule has 0 spiro atoms. The van der Waals surface area contributed by atoms with E-state index in [0.29, 0.717) is 11.3 Å². The van der Waals surface area contributed by atoms with Gasteiger partial charge in [-0.1, -0.05) is 12.1 Å². The molecule has 0 bridgehead atoms. The Morgan fingerprint density at radius 3 is 2.68 bits per heavy atom. The molecule has 100 valence electrons. The van der Waals surface area contributed by atoms with Crippen molar-refractivity contribution in [1.82, 2.24) is 5.32 Å². The molecule has 2 rings (SSSR count). The predicted molar refractivity (Wildman–Crippen MR) is 70.7 cm³/mol. The number of nitrogens with one attached hydrogen (secondary N) is 1. The standard InChI is InChI=1S/C13H14N2O3S/c1-18-13(16)12-8-19(17)7-11(15-12)10-4-2-9(6-14)3-5-10/h2-5,11-12,15H,7-8H2,1H3. The van der Waals surface area contributed by atoms with Crippen molar-refractivity contribution in [2.45, 2.75) is 12.1 Å². The molecule has 1 aliphatic rings. The molecule has 0 aromatic heterocycles. The molecule has 3 atom stereocenters. The minimum Gasteiger partial charge on any atom is -0.468 e. The van der Waals surface area contributed by atoms with Gasteiger partial charge in [0, 0.05) is 28.3 Å². The average Bonchev–Trinajstić information content (AvgIpc) is 2.45. The van der Waals surface area contributed by atoms with Gasteiger partial charge in [-0.05, 0) is 17.7 Å². The molecule has 1 saturated heterocycles. The summed E-state index contributed by atoms with van der Waals surface area (Å²) in [6.07, 6.45) is 0. The number of ether oxygens (including phenoxy) is 1. The van der Waals surface area contributed by atoms with Crippen LogP contribution in [0, 0.1) is 11.3 Å². The third kappa shape index (κ3) is 3.19. The lowest BCUT2D eigenvalue weighted by Gasteiger charge is -2.29. The molecule has 1 fully saturated rings. The minimum absolute atomic E-state index is 0.161. The highest BCUT2D eigenvalue weighted by atomic mass is 32.2. The Morgan fingerprint density at radius 1 is 1.42 bits per heavy atom. The van der Waals surface area contributed by atoms with Crippen LogP contribution in [0.1, 0.15) is 17.2 Å². The number of carbonyl (C=O) groups excluding carboxylic acids is 1. The van der Waals surface area contributed by atoms with Gasteiger partial charge in [0.05, 0.1) is 18.7 Å². The molecule has 19 heavy (non-hydrogen) atoms. The normalized spacial score (nSPS) is 26.4.